The summed E-state index contributed by atoms with van der Waals surface area (Å²) in [6, 6.07) is 12.4. The number of hydrogen-bond acceptors (Lipinski definition) is 12. The average molecular weight is 785 g/mol. The highest BCUT2D eigenvalue weighted by Gasteiger charge is 2.51. The highest BCUT2D eigenvalue weighted by Crippen LogP contribution is 2.48. The van der Waals surface area contributed by atoms with E-state index < -0.39 is 55.3 Å². The lowest BCUT2D eigenvalue weighted by molar-refractivity contribution is -0.374. The monoisotopic (exact) mass is 784 g/mol. The number of aliphatic hydroxyl groups is 5. The number of rotatable bonds is 12. The highest BCUT2D eigenvalue weighted by molar-refractivity contribution is 5.92. The first-order chi connectivity index (χ1) is 27.3. The van der Waals surface area contributed by atoms with E-state index in [1.54, 1.807) is 13.0 Å². The molecule has 1 aliphatic heterocycles. The van der Waals surface area contributed by atoms with Crippen LogP contribution in [0.15, 0.2) is 76.3 Å². The third-order valence-corrected chi connectivity index (χ3v) is 12.1. The zero-order valence-corrected chi connectivity index (χ0v) is 31.7. The van der Waals surface area contributed by atoms with Crippen LogP contribution in [0.25, 0.3) is 38.3 Å². The molecule has 3 aromatic heterocycles. The largest absolute Gasteiger partial charge is 0.508 e. The number of nitrogens with zero attached hydrogens (tertiary/aromatic N) is 1. The van der Waals surface area contributed by atoms with Crippen molar-refractivity contribution in [3.63, 3.8) is 0 Å². The van der Waals surface area contributed by atoms with Gasteiger partial charge in [-0.2, -0.15) is 0 Å². The van der Waals surface area contributed by atoms with Crippen molar-refractivity contribution in [3.8, 4) is 22.9 Å². The van der Waals surface area contributed by atoms with Crippen LogP contribution in [0.5, 0.6) is 17.2 Å². The van der Waals surface area contributed by atoms with Crippen molar-refractivity contribution < 1.29 is 54.7 Å². The molecule has 14 nitrogen and oxygen atoms in total. The van der Waals surface area contributed by atoms with Crippen LogP contribution in [0.2, 0.25) is 0 Å². The summed E-state index contributed by atoms with van der Waals surface area (Å²) in [7, 11) is 0. The lowest BCUT2D eigenvalue weighted by atomic mass is 9.72. The molecule has 0 bridgehead atoms. The van der Waals surface area contributed by atoms with Crippen LogP contribution >= 0.6 is 0 Å². The van der Waals surface area contributed by atoms with Crippen LogP contribution in [-0.4, -0.2) is 94.1 Å². The standard InChI is InChI=1S/C43H48N2O12/c1-23-14-34(49)31-15-26-16-36(42(2,27-6-4-3-5-7-27)56-39(26)37(40(31)55-23)45-19-25-12-13-44-32(25)20-45)57-54-22-43(53,41(52)38(51)35(50)21-46)18-24-8-11-33(48)29-10-9-28(47)17-30(24)29/h8-15,17,19-20,27,35-36,38,41,44,46-48,50-53H,3-7,16,18,21-22H2,1-2H3/t35-,36-,38-,41+,42-,43+/m1/s1. The topological polar surface area (TPSA) is 220 Å². The van der Waals surface area contributed by atoms with Crippen LogP contribution in [0.1, 0.15) is 55.9 Å². The van der Waals surface area contributed by atoms with Gasteiger partial charge in [0.05, 0.1) is 17.5 Å². The van der Waals surface area contributed by atoms with Gasteiger partial charge in [-0.25, -0.2) is 9.78 Å². The Labute approximate surface area is 327 Å². The third kappa shape index (κ3) is 7.05. The van der Waals surface area contributed by atoms with Crippen LogP contribution in [0, 0.1) is 12.8 Å². The smallest absolute Gasteiger partial charge is 0.193 e. The minimum Gasteiger partial charge on any atom is -0.508 e. The summed E-state index contributed by atoms with van der Waals surface area (Å²) >= 11 is 0. The van der Waals surface area contributed by atoms with E-state index in [1.807, 2.05) is 36.1 Å². The molecule has 4 heterocycles. The number of aromatic hydroxyl groups is 2. The van der Waals surface area contributed by atoms with Gasteiger partial charge in [0.25, 0.3) is 0 Å². The molecule has 0 radical (unpaired) electrons. The first-order valence-electron chi connectivity index (χ1n) is 19.3. The summed E-state index contributed by atoms with van der Waals surface area (Å²) in [6.45, 7) is 2.08. The van der Waals surface area contributed by atoms with E-state index in [1.165, 1.54) is 36.4 Å². The minimum absolute atomic E-state index is 0.0161. The van der Waals surface area contributed by atoms with Crippen molar-refractivity contribution in [1.82, 2.24) is 9.55 Å². The Morgan fingerprint density at radius 1 is 1.00 bits per heavy atom. The average Bonchev–Trinajstić information content (AvgIpc) is 3.81. The molecule has 1 aliphatic carbocycles. The van der Waals surface area contributed by atoms with Crippen molar-refractivity contribution in [2.75, 3.05) is 13.2 Å². The van der Waals surface area contributed by atoms with E-state index in [0.29, 0.717) is 50.1 Å². The van der Waals surface area contributed by atoms with E-state index in [9.17, 15) is 40.5 Å². The molecular formula is C43H48N2O12. The Hall–Kier alpha value is -4.93. The summed E-state index contributed by atoms with van der Waals surface area (Å²) < 4.78 is 15.3. The number of hydrogen-bond donors (Lipinski definition) is 8. The zero-order valence-electron chi connectivity index (χ0n) is 31.7. The summed E-state index contributed by atoms with van der Waals surface area (Å²) in [6.07, 6.45) is 3.64. The predicted octanol–water partition coefficient (Wildman–Crippen LogP) is 4.58. The fraction of sp³-hybridized carbons (Fsp3) is 0.419. The summed E-state index contributed by atoms with van der Waals surface area (Å²) in [4.78, 5) is 28.9. The number of ether oxygens (including phenoxy) is 1. The van der Waals surface area contributed by atoms with E-state index in [0.717, 1.165) is 43.0 Å². The molecular weight excluding hydrogens is 736 g/mol. The Balaban J connectivity index is 1.17. The maximum absolute atomic E-state index is 13.5. The lowest BCUT2D eigenvalue weighted by Gasteiger charge is -2.48. The number of benzene rings is 3. The molecule has 14 heteroatoms. The van der Waals surface area contributed by atoms with Crippen LogP contribution in [-0.2, 0) is 22.6 Å². The quantitative estimate of drug-likeness (QED) is 0.0632. The van der Waals surface area contributed by atoms with Gasteiger partial charge in [-0.15, -0.1) is 0 Å². The number of nitrogens with one attached hydrogen (secondary N) is 1. The first kappa shape index (κ1) is 38.9. The molecule has 57 heavy (non-hydrogen) atoms. The third-order valence-electron chi connectivity index (χ3n) is 12.1. The molecule has 0 spiro atoms. The fourth-order valence-corrected chi connectivity index (χ4v) is 8.80. The van der Waals surface area contributed by atoms with Crippen molar-refractivity contribution >= 4 is 32.6 Å². The van der Waals surface area contributed by atoms with Crippen molar-refractivity contribution in [1.29, 1.82) is 0 Å². The second kappa shape index (κ2) is 15.1. The molecule has 0 amide bonds. The molecule has 0 unspecified atom stereocenters. The first-order valence-corrected chi connectivity index (χ1v) is 19.3. The maximum atomic E-state index is 13.5. The maximum Gasteiger partial charge on any atom is 0.193 e. The van der Waals surface area contributed by atoms with Gasteiger partial charge in [0.15, 0.2) is 16.8 Å². The van der Waals surface area contributed by atoms with Gasteiger partial charge in [-0.1, -0.05) is 25.3 Å². The molecule has 6 atom stereocenters. The van der Waals surface area contributed by atoms with Crippen LogP contribution in [0.4, 0.5) is 0 Å². The fourth-order valence-electron chi connectivity index (χ4n) is 8.80. The number of H-pyrrole nitrogens is 1. The second-order valence-electron chi connectivity index (χ2n) is 15.9. The SMILES string of the molecule is Cc1cc(=O)c2cc3c(c(-n4cc5cc[nH]c5c4)c2o1)O[C@](C)(C1CCCCC1)[C@H](OOC[C@@](O)(Cc1ccc(O)c2ccc(O)cc12)[C@@H](O)[C@H](O)[C@H](O)CO)C3. The van der Waals surface area contributed by atoms with Gasteiger partial charge in [0.2, 0.25) is 0 Å². The molecule has 2 aliphatic rings. The molecule has 1 fully saturated rings. The van der Waals surface area contributed by atoms with Crippen LogP contribution in [0.3, 0.4) is 0 Å². The molecule has 1 saturated carbocycles. The van der Waals surface area contributed by atoms with Crippen molar-refractivity contribution in [2.45, 2.75) is 94.4 Å². The van der Waals surface area contributed by atoms with E-state index in [2.05, 4.69) is 4.98 Å². The summed E-state index contributed by atoms with van der Waals surface area (Å²) in [5.41, 5.74) is -0.681. The molecule has 3 aromatic carbocycles. The minimum atomic E-state index is -2.35. The van der Waals surface area contributed by atoms with Crippen molar-refractivity contribution in [3.05, 3.63) is 94.2 Å². The summed E-state index contributed by atoms with van der Waals surface area (Å²) in [5, 5.41) is 77.1. The Morgan fingerprint density at radius 2 is 1.79 bits per heavy atom. The molecule has 0 saturated heterocycles. The van der Waals surface area contributed by atoms with Gasteiger partial charge >= 0.3 is 0 Å². The van der Waals surface area contributed by atoms with Crippen LogP contribution < -0.4 is 10.2 Å². The van der Waals surface area contributed by atoms with Gasteiger partial charge in [-0.05, 0) is 74.0 Å². The Bertz CT molecular complexity index is 2460. The second-order valence-corrected chi connectivity index (χ2v) is 15.9. The molecule has 8 rings (SSSR count). The number of phenolic OH excluding ortho intramolecular Hbond substituents is 2. The zero-order chi connectivity index (χ0) is 40.2. The number of aryl methyl sites for hydroxylation is 1. The highest BCUT2D eigenvalue weighted by atomic mass is 17.2. The molecule has 6 aromatic rings. The van der Waals surface area contributed by atoms with E-state index in [-0.39, 0.29) is 29.3 Å². The Morgan fingerprint density at radius 3 is 2.54 bits per heavy atom. The van der Waals surface area contributed by atoms with Gasteiger partial charge in [0.1, 0.15) is 65.2 Å². The Kier molecular flexibility index (Phi) is 10.3. The van der Waals surface area contributed by atoms with Gasteiger partial charge in [-0.3, -0.25) is 4.79 Å². The number of aromatic amines is 1. The van der Waals surface area contributed by atoms with Gasteiger partial charge in [0, 0.05) is 59.8 Å². The van der Waals surface area contributed by atoms with Gasteiger partial charge < -0.3 is 54.5 Å². The molecule has 8 N–H and O–H groups in total. The van der Waals surface area contributed by atoms with E-state index in [4.69, 9.17) is 18.9 Å². The number of aliphatic hydroxyl groups excluding tert-OH is 4. The number of aromatic nitrogens is 2. The summed E-state index contributed by atoms with van der Waals surface area (Å²) in [5.74, 6) is 0.826. The number of fused-ring (bicyclic) bond motifs is 4. The molecule has 302 valence electrons. The number of phenols is 2. The van der Waals surface area contributed by atoms with Crippen molar-refractivity contribution in [2.24, 2.45) is 5.92 Å². The lowest BCUT2D eigenvalue weighted by Crippen LogP contribution is -2.58. The predicted molar refractivity (Wildman–Crippen MR) is 210 cm³/mol. The normalized spacial score (nSPS) is 21.6. The van der Waals surface area contributed by atoms with E-state index >= 15 is 0 Å².